The van der Waals surface area contributed by atoms with E-state index in [1.807, 2.05) is 13.0 Å². The highest BCUT2D eigenvalue weighted by atomic mass is 79.9. The van der Waals surface area contributed by atoms with Gasteiger partial charge in [0.05, 0.1) is 4.47 Å². The zero-order chi connectivity index (χ0) is 13.8. The third kappa shape index (κ3) is 3.69. The summed E-state index contributed by atoms with van der Waals surface area (Å²) in [4.78, 5) is 2.36. The van der Waals surface area contributed by atoms with Gasteiger partial charge < -0.3 is 10.2 Å². The fraction of sp³-hybridized carbons (Fsp3) is 0.600. The highest BCUT2D eigenvalue weighted by Crippen LogP contribution is 2.29. The molecule has 1 aromatic rings. The lowest BCUT2D eigenvalue weighted by Crippen LogP contribution is -2.43. The van der Waals surface area contributed by atoms with Crippen LogP contribution in [0.3, 0.4) is 0 Å². The number of nitrogens with zero attached hydrogens (tertiary/aromatic N) is 1. The quantitative estimate of drug-likeness (QED) is 0.902. The minimum Gasteiger partial charge on any atom is -0.371 e. The van der Waals surface area contributed by atoms with Crippen molar-refractivity contribution in [2.45, 2.75) is 39.2 Å². The molecule has 1 aliphatic heterocycles. The van der Waals surface area contributed by atoms with Crippen LogP contribution in [-0.4, -0.2) is 25.7 Å². The maximum absolute atomic E-state index is 13.5. The molecule has 1 saturated heterocycles. The lowest BCUT2D eigenvalue weighted by molar-refractivity contribution is 0.415. The van der Waals surface area contributed by atoms with Gasteiger partial charge in [0.1, 0.15) is 5.82 Å². The van der Waals surface area contributed by atoms with E-state index in [0.717, 1.165) is 43.7 Å². The first-order valence-electron chi connectivity index (χ1n) is 7.05. The minimum atomic E-state index is -0.180. The molecule has 1 fully saturated rings. The molecule has 0 unspecified atom stereocenters. The van der Waals surface area contributed by atoms with Gasteiger partial charge in [0.15, 0.2) is 0 Å². The average Bonchev–Trinajstić information content (AvgIpc) is 2.41. The van der Waals surface area contributed by atoms with Crippen molar-refractivity contribution in [2.75, 3.05) is 24.5 Å². The molecule has 2 nitrogen and oxygen atoms in total. The van der Waals surface area contributed by atoms with E-state index in [4.69, 9.17) is 0 Å². The number of hydrogen-bond donors (Lipinski definition) is 1. The number of anilines is 1. The van der Waals surface area contributed by atoms with Crippen LogP contribution in [0.4, 0.5) is 10.1 Å². The van der Waals surface area contributed by atoms with E-state index in [1.165, 1.54) is 6.42 Å². The molecular formula is C15H22BrFN2. The SMILES string of the molecule is CCCNC1CCN(c2cc(Br)c(F)cc2C)CC1. The second-order valence-electron chi connectivity index (χ2n) is 5.27. The van der Waals surface area contributed by atoms with Gasteiger partial charge in [-0.1, -0.05) is 6.92 Å². The molecule has 19 heavy (non-hydrogen) atoms. The van der Waals surface area contributed by atoms with Crippen molar-refractivity contribution in [3.63, 3.8) is 0 Å². The van der Waals surface area contributed by atoms with E-state index in [-0.39, 0.29) is 5.82 Å². The predicted octanol–water partition coefficient (Wildman–Crippen LogP) is 3.87. The first-order valence-corrected chi connectivity index (χ1v) is 7.85. The van der Waals surface area contributed by atoms with E-state index in [2.05, 4.69) is 33.1 Å². The highest BCUT2D eigenvalue weighted by molar-refractivity contribution is 9.10. The summed E-state index contributed by atoms with van der Waals surface area (Å²) >= 11 is 3.28. The van der Waals surface area contributed by atoms with Crippen molar-refractivity contribution in [3.05, 3.63) is 28.0 Å². The fourth-order valence-electron chi connectivity index (χ4n) is 2.65. The Bertz CT molecular complexity index is 428. The number of rotatable bonds is 4. The van der Waals surface area contributed by atoms with Gasteiger partial charge in [0.2, 0.25) is 0 Å². The number of benzene rings is 1. The van der Waals surface area contributed by atoms with E-state index >= 15 is 0 Å². The number of nitrogens with one attached hydrogen (secondary N) is 1. The summed E-state index contributed by atoms with van der Waals surface area (Å²) in [6.07, 6.45) is 3.51. The Morgan fingerprint density at radius 3 is 2.68 bits per heavy atom. The number of aryl methyl sites for hydroxylation is 1. The molecule has 0 amide bonds. The van der Waals surface area contributed by atoms with Gasteiger partial charge in [-0.05, 0) is 66.4 Å². The maximum Gasteiger partial charge on any atom is 0.137 e. The Balaban J connectivity index is 1.99. The smallest absolute Gasteiger partial charge is 0.137 e. The summed E-state index contributed by atoms with van der Waals surface area (Å²) in [7, 11) is 0. The van der Waals surface area contributed by atoms with E-state index < -0.39 is 0 Å². The van der Waals surface area contributed by atoms with E-state index in [1.54, 1.807) is 6.07 Å². The maximum atomic E-state index is 13.5. The van der Waals surface area contributed by atoms with Crippen LogP contribution in [0.15, 0.2) is 16.6 Å². The number of hydrogen-bond acceptors (Lipinski definition) is 2. The molecule has 0 aliphatic carbocycles. The van der Waals surface area contributed by atoms with Crippen molar-refractivity contribution in [2.24, 2.45) is 0 Å². The van der Waals surface area contributed by atoms with Gasteiger partial charge in [-0.15, -0.1) is 0 Å². The highest BCUT2D eigenvalue weighted by Gasteiger charge is 2.20. The van der Waals surface area contributed by atoms with E-state index in [9.17, 15) is 4.39 Å². The van der Waals surface area contributed by atoms with Crippen molar-refractivity contribution < 1.29 is 4.39 Å². The molecule has 1 aromatic carbocycles. The second-order valence-corrected chi connectivity index (χ2v) is 6.12. The summed E-state index contributed by atoms with van der Waals surface area (Å²) in [6.45, 7) is 7.36. The summed E-state index contributed by atoms with van der Waals surface area (Å²) in [5.41, 5.74) is 2.17. The zero-order valence-electron chi connectivity index (χ0n) is 11.7. The van der Waals surface area contributed by atoms with Crippen LogP contribution < -0.4 is 10.2 Å². The number of halogens is 2. The van der Waals surface area contributed by atoms with Gasteiger partial charge in [-0.2, -0.15) is 0 Å². The van der Waals surface area contributed by atoms with Crippen LogP contribution >= 0.6 is 15.9 Å². The van der Waals surface area contributed by atoms with Crippen LogP contribution in [0.1, 0.15) is 31.7 Å². The largest absolute Gasteiger partial charge is 0.371 e. The average molecular weight is 329 g/mol. The van der Waals surface area contributed by atoms with Crippen molar-refractivity contribution >= 4 is 21.6 Å². The van der Waals surface area contributed by atoms with Crippen LogP contribution in [0.2, 0.25) is 0 Å². The van der Waals surface area contributed by atoms with Gasteiger partial charge in [0.25, 0.3) is 0 Å². The van der Waals surface area contributed by atoms with Gasteiger partial charge in [0, 0.05) is 24.8 Å². The molecule has 4 heteroatoms. The lowest BCUT2D eigenvalue weighted by Gasteiger charge is -2.35. The monoisotopic (exact) mass is 328 g/mol. The van der Waals surface area contributed by atoms with Crippen molar-refractivity contribution in [1.82, 2.24) is 5.32 Å². The fourth-order valence-corrected chi connectivity index (χ4v) is 2.98. The summed E-state index contributed by atoms with van der Waals surface area (Å²) in [6, 6.07) is 4.16. The Morgan fingerprint density at radius 1 is 1.37 bits per heavy atom. The third-order valence-electron chi connectivity index (χ3n) is 3.76. The molecule has 0 spiro atoms. The molecule has 1 heterocycles. The standard InChI is InChI=1S/C15H22BrFN2/c1-3-6-18-12-4-7-19(8-5-12)15-10-13(16)14(17)9-11(15)2/h9-10,12,18H,3-8H2,1-2H3. The van der Waals surface area contributed by atoms with Crippen LogP contribution in [0.5, 0.6) is 0 Å². The summed E-state index contributed by atoms with van der Waals surface area (Å²) in [5, 5.41) is 3.58. The van der Waals surface area contributed by atoms with Gasteiger partial charge in [-0.25, -0.2) is 4.39 Å². The summed E-state index contributed by atoms with van der Waals surface area (Å²) in [5.74, 6) is -0.180. The van der Waals surface area contributed by atoms with Crippen LogP contribution in [0.25, 0.3) is 0 Å². The van der Waals surface area contributed by atoms with Crippen molar-refractivity contribution in [3.8, 4) is 0 Å². The molecule has 0 atom stereocenters. The predicted molar refractivity (Wildman–Crippen MR) is 82.4 cm³/mol. The van der Waals surface area contributed by atoms with Gasteiger partial charge >= 0.3 is 0 Å². The molecular weight excluding hydrogens is 307 g/mol. The molecule has 0 saturated carbocycles. The molecule has 1 aliphatic rings. The number of piperidine rings is 1. The molecule has 0 radical (unpaired) electrons. The van der Waals surface area contributed by atoms with Crippen LogP contribution in [-0.2, 0) is 0 Å². The second kappa shape index (κ2) is 6.71. The summed E-state index contributed by atoms with van der Waals surface area (Å²) < 4.78 is 14.0. The Labute approximate surface area is 123 Å². The molecule has 0 bridgehead atoms. The third-order valence-corrected chi connectivity index (χ3v) is 4.37. The van der Waals surface area contributed by atoms with E-state index in [0.29, 0.717) is 10.5 Å². The topological polar surface area (TPSA) is 15.3 Å². The normalized spacial score (nSPS) is 16.9. The van der Waals surface area contributed by atoms with Gasteiger partial charge in [-0.3, -0.25) is 0 Å². The van der Waals surface area contributed by atoms with Crippen molar-refractivity contribution in [1.29, 1.82) is 0 Å². The molecule has 106 valence electrons. The molecule has 1 N–H and O–H groups in total. The first-order chi connectivity index (χ1) is 9.11. The zero-order valence-corrected chi connectivity index (χ0v) is 13.3. The molecule has 0 aromatic heterocycles. The Morgan fingerprint density at radius 2 is 2.05 bits per heavy atom. The minimum absolute atomic E-state index is 0.180. The van der Waals surface area contributed by atoms with Crippen LogP contribution in [0, 0.1) is 12.7 Å². The Kier molecular flexibility index (Phi) is 5.22. The Hall–Kier alpha value is -0.610. The lowest BCUT2D eigenvalue weighted by atomic mass is 10.0. The molecule has 2 rings (SSSR count). The first kappa shape index (κ1) is 14.8.